The Balaban J connectivity index is 1.34. The second-order valence-corrected chi connectivity index (χ2v) is 16.9. The lowest BCUT2D eigenvalue weighted by Crippen LogP contribution is -2.34. The normalized spacial score (nSPS) is 13.5. The maximum absolute atomic E-state index is 14.2. The molecule has 6 rings (SSSR count). The molecule has 0 bridgehead atoms. The average Bonchev–Trinajstić information content (AvgIpc) is 3.61. The summed E-state index contributed by atoms with van der Waals surface area (Å²) in [5.74, 6) is -1.24. The van der Waals surface area contributed by atoms with Crippen molar-refractivity contribution < 1.29 is 19.1 Å². The molecule has 3 N–H and O–H groups in total. The molecule has 1 aliphatic rings. The number of nitrogens with one attached hydrogen (secondary N) is 3. The molecule has 3 amide bonds. The van der Waals surface area contributed by atoms with Gasteiger partial charge in [-0.1, -0.05) is 119 Å². The van der Waals surface area contributed by atoms with Crippen LogP contribution in [0.25, 0.3) is 5.69 Å². The predicted octanol–water partition coefficient (Wildman–Crippen LogP) is 11.5. The molecule has 0 spiro atoms. The molecule has 1 aromatic heterocycles. The fraction of sp³-hybridized carbons (Fsp3) is 0.302. The van der Waals surface area contributed by atoms with Crippen LogP contribution in [0.4, 0.5) is 22.9 Å². The van der Waals surface area contributed by atoms with E-state index in [2.05, 4.69) is 69.4 Å². The monoisotopic (exact) mass is 849 g/mol. The van der Waals surface area contributed by atoms with Crippen LogP contribution in [0, 0.1) is 0 Å². The van der Waals surface area contributed by atoms with E-state index >= 15 is 0 Å². The van der Waals surface area contributed by atoms with Crippen molar-refractivity contribution in [2.75, 3.05) is 15.5 Å². The van der Waals surface area contributed by atoms with E-state index in [1.165, 1.54) is 29.8 Å². The van der Waals surface area contributed by atoms with Gasteiger partial charge in [-0.3, -0.25) is 24.3 Å². The van der Waals surface area contributed by atoms with E-state index in [9.17, 15) is 19.2 Å². The van der Waals surface area contributed by atoms with E-state index in [1.54, 1.807) is 30.3 Å². The molecule has 298 valence electrons. The van der Waals surface area contributed by atoms with Gasteiger partial charge < -0.3 is 15.4 Å². The highest BCUT2D eigenvalue weighted by Crippen LogP contribution is 2.40. The van der Waals surface area contributed by atoms with Crippen LogP contribution in [0.1, 0.15) is 99.6 Å². The summed E-state index contributed by atoms with van der Waals surface area (Å²) < 4.78 is 7.49. The number of hydrogen-bond donors (Lipinski definition) is 3. The van der Waals surface area contributed by atoms with Crippen LogP contribution in [-0.4, -0.2) is 33.6 Å². The summed E-state index contributed by atoms with van der Waals surface area (Å²) in [7, 11) is 0. The highest BCUT2D eigenvalue weighted by molar-refractivity contribution is 6.41. The Morgan fingerprint density at radius 3 is 1.96 bits per heavy atom. The fourth-order valence-electron chi connectivity index (χ4n) is 6.53. The first kappa shape index (κ1) is 41.9. The highest BCUT2D eigenvalue weighted by atomic mass is 35.5. The minimum atomic E-state index is -0.840. The lowest BCUT2D eigenvalue weighted by Gasteiger charge is -2.31. The van der Waals surface area contributed by atoms with E-state index in [4.69, 9.17) is 51.1 Å². The number of anilines is 4. The first-order valence-electron chi connectivity index (χ1n) is 18.6. The Morgan fingerprint density at radius 1 is 0.772 bits per heavy atom. The molecule has 1 atom stereocenters. The van der Waals surface area contributed by atoms with Crippen molar-refractivity contribution in [2.24, 2.45) is 0 Å². The Labute approximate surface area is 351 Å². The first-order valence-corrected chi connectivity index (χ1v) is 20.1. The third-order valence-electron chi connectivity index (χ3n) is 10.8. The van der Waals surface area contributed by atoms with E-state index in [0.29, 0.717) is 17.9 Å². The van der Waals surface area contributed by atoms with E-state index in [-0.39, 0.29) is 70.8 Å². The van der Waals surface area contributed by atoms with Gasteiger partial charge in [-0.05, 0) is 84.2 Å². The van der Waals surface area contributed by atoms with E-state index < -0.39 is 23.5 Å². The molecular formula is C43H43Cl4N5O5. The fourth-order valence-corrected chi connectivity index (χ4v) is 7.68. The highest BCUT2D eigenvalue weighted by Gasteiger charge is 2.41. The molecule has 0 saturated heterocycles. The number of hydrogen-bond acceptors (Lipinski definition) is 6. The van der Waals surface area contributed by atoms with Crippen LogP contribution in [0.15, 0.2) is 77.6 Å². The van der Waals surface area contributed by atoms with Crippen molar-refractivity contribution in [3.63, 3.8) is 0 Å². The number of nitrogens with zero attached hydrogens (tertiary/aromatic N) is 2. The van der Waals surface area contributed by atoms with Gasteiger partial charge in [0.15, 0.2) is 17.6 Å². The summed E-state index contributed by atoms with van der Waals surface area (Å²) in [5, 5.41) is 9.39. The van der Waals surface area contributed by atoms with Gasteiger partial charge in [-0.2, -0.15) is 0 Å². The van der Waals surface area contributed by atoms with Gasteiger partial charge in [0.1, 0.15) is 11.4 Å². The number of halogens is 4. The number of rotatable bonds is 13. The summed E-state index contributed by atoms with van der Waals surface area (Å²) in [6, 6.07) is 20.0. The number of amides is 3. The summed E-state index contributed by atoms with van der Waals surface area (Å²) in [6.07, 6.45) is 1.38. The standard InChI is InChI=1S/C43H43Cl4N5O5/c1-8-33(57-34-18-15-23(42(4,5)9-2)19-28(34)43(6,7)10-3)38(53)48-25-16-17-29(45)32(22-25)49-37-36(51-39(54)26-13-11-12-14-27(26)40(51)55)41(56)52(50-37)35-30(46)20-24(44)21-31(35)47/h11-22,33,49-50H,8-10H2,1-7H3,(H,48,53). The van der Waals surface area contributed by atoms with E-state index in [1.807, 2.05) is 13.0 Å². The van der Waals surface area contributed by atoms with Crippen molar-refractivity contribution >= 4 is 87.0 Å². The summed E-state index contributed by atoms with van der Waals surface area (Å²) in [4.78, 5) is 56.2. The molecule has 0 radical (unpaired) electrons. The molecule has 2 heterocycles. The van der Waals surface area contributed by atoms with Crippen molar-refractivity contribution in [3.8, 4) is 11.4 Å². The third kappa shape index (κ3) is 8.06. The molecule has 10 nitrogen and oxygen atoms in total. The van der Waals surface area contributed by atoms with Crippen LogP contribution < -0.4 is 25.8 Å². The Bertz CT molecular complexity index is 2410. The zero-order valence-corrected chi connectivity index (χ0v) is 35.6. The molecule has 14 heteroatoms. The number of aromatic amines is 1. The number of H-pyrrole nitrogens is 1. The van der Waals surface area contributed by atoms with Crippen molar-refractivity contribution in [1.82, 2.24) is 9.78 Å². The molecule has 0 saturated carbocycles. The topological polar surface area (TPSA) is 126 Å². The summed E-state index contributed by atoms with van der Waals surface area (Å²) >= 11 is 25.9. The van der Waals surface area contributed by atoms with Crippen molar-refractivity contribution in [1.29, 1.82) is 0 Å². The van der Waals surface area contributed by atoms with Gasteiger partial charge in [-0.15, -0.1) is 0 Å². The second-order valence-electron chi connectivity index (χ2n) is 15.2. The van der Waals surface area contributed by atoms with Crippen LogP contribution in [-0.2, 0) is 15.6 Å². The molecule has 4 aromatic carbocycles. The van der Waals surface area contributed by atoms with Crippen LogP contribution in [0.5, 0.6) is 5.75 Å². The van der Waals surface area contributed by atoms with Gasteiger partial charge in [0.25, 0.3) is 23.3 Å². The number of benzene rings is 4. The van der Waals surface area contributed by atoms with Gasteiger partial charge in [0, 0.05) is 16.3 Å². The molecule has 57 heavy (non-hydrogen) atoms. The van der Waals surface area contributed by atoms with Gasteiger partial charge in [-0.25, -0.2) is 9.58 Å². The van der Waals surface area contributed by atoms with E-state index in [0.717, 1.165) is 28.0 Å². The van der Waals surface area contributed by atoms with Gasteiger partial charge in [0.2, 0.25) is 0 Å². The lowest BCUT2D eigenvalue weighted by molar-refractivity contribution is -0.122. The zero-order valence-electron chi connectivity index (χ0n) is 32.6. The number of fused-ring (bicyclic) bond motifs is 1. The number of carbonyl (C=O) groups excluding carboxylic acids is 3. The minimum absolute atomic E-state index is 0.0258. The number of carbonyl (C=O) groups is 3. The molecule has 0 fully saturated rings. The molecule has 1 unspecified atom stereocenters. The quantitative estimate of drug-likeness (QED) is 0.101. The Morgan fingerprint density at radius 2 is 1.39 bits per heavy atom. The smallest absolute Gasteiger partial charge is 0.298 e. The van der Waals surface area contributed by atoms with Crippen LogP contribution in [0.3, 0.4) is 0 Å². The first-order chi connectivity index (χ1) is 26.9. The number of imide groups is 1. The Kier molecular flexibility index (Phi) is 11.9. The van der Waals surface area contributed by atoms with Gasteiger partial charge >= 0.3 is 0 Å². The zero-order chi connectivity index (χ0) is 41.6. The lowest BCUT2D eigenvalue weighted by atomic mass is 9.76. The molecular weight excluding hydrogens is 808 g/mol. The van der Waals surface area contributed by atoms with Crippen LogP contribution >= 0.6 is 46.4 Å². The summed E-state index contributed by atoms with van der Waals surface area (Å²) in [6.45, 7) is 14.9. The predicted molar refractivity (Wildman–Crippen MR) is 230 cm³/mol. The largest absolute Gasteiger partial charge is 0.480 e. The SMILES string of the molecule is CCC(Oc1ccc(C(C)(C)CC)cc1C(C)(C)CC)C(=O)Nc1ccc(Cl)c(Nc2[nH]n(-c3c(Cl)cc(Cl)cc3Cl)c(=O)c2N2C(=O)c3ccccc3C2=O)c1. The molecule has 5 aromatic rings. The second kappa shape index (κ2) is 16.3. The third-order valence-corrected chi connectivity index (χ3v) is 11.9. The Hall–Kier alpha value is -4.74. The maximum Gasteiger partial charge on any atom is 0.298 e. The summed E-state index contributed by atoms with van der Waals surface area (Å²) in [5.41, 5.74) is 1.71. The molecule has 0 aliphatic carbocycles. The van der Waals surface area contributed by atoms with Crippen molar-refractivity contribution in [3.05, 3.63) is 125 Å². The number of aromatic nitrogens is 2. The van der Waals surface area contributed by atoms with Gasteiger partial charge in [0.05, 0.1) is 31.9 Å². The van der Waals surface area contributed by atoms with Crippen molar-refractivity contribution in [2.45, 2.75) is 84.7 Å². The average molecular weight is 852 g/mol. The van der Waals surface area contributed by atoms with Crippen LogP contribution in [0.2, 0.25) is 20.1 Å². The molecule has 1 aliphatic heterocycles. The maximum atomic E-state index is 14.2. The number of ether oxygens (including phenoxy) is 1. The minimum Gasteiger partial charge on any atom is -0.480 e.